The van der Waals surface area contributed by atoms with E-state index in [9.17, 15) is 13.2 Å². The summed E-state index contributed by atoms with van der Waals surface area (Å²) in [6.07, 6.45) is 4.48. The number of hydrogen-bond acceptors (Lipinski definition) is 5. The topological polar surface area (TPSA) is 93.5 Å². The number of carbonyl (C=O) groups is 1. The number of likely N-dealkylation sites (tertiary alicyclic amines) is 1. The SMILES string of the molecule is N#Cc1ccc(S(=O)(=O)N2CCC(C(=O)NCCCN3CCCC3)CC2)cc1Cl. The smallest absolute Gasteiger partial charge is 0.243 e. The maximum atomic E-state index is 12.8. The van der Waals surface area contributed by atoms with Crippen molar-refractivity contribution in [2.45, 2.75) is 37.0 Å². The number of benzene rings is 1. The summed E-state index contributed by atoms with van der Waals surface area (Å²) < 4.78 is 27.1. The first-order chi connectivity index (χ1) is 13.9. The Hall–Kier alpha value is -1.66. The molecule has 0 radical (unpaired) electrons. The van der Waals surface area contributed by atoms with Crippen molar-refractivity contribution in [2.75, 3.05) is 39.3 Å². The number of halogens is 1. The minimum absolute atomic E-state index is 0.0184. The zero-order valence-electron chi connectivity index (χ0n) is 16.4. The second-order valence-electron chi connectivity index (χ2n) is 7.63. The van der Waals surface area contributed by atoms with Gasteiger partial charge in [0, 0.05) is 25.6 Å². The van der Waals surface area contributed by atoms with E-state index in [4.69, 9.17) is 16.9 Å². The van der Waals surface area contributed by atoms with Gasteiger partial charge in [-0.15, -0.1) is 0 Å². The number of piperidine rings is 1. The number of amides is 1. The van der Waals surface area contributed by atoms with Crippen LogP contribution in [0.1, 0.15) is 37.7 Å². The Morgan fingerprint density at radius 3 is 2.52 bits per heavy atom. The van der Waals surface area contributed by atoms with Crippen molar-refractivity contribution in [1.82, 2.24) is 14.5 Å². The molecule has 9 heteroatoms. The predicted octanol–water partition coefficient (Wildman–Crippen LogP) is 2.21. The Bertz CT molecular complexity index is 870. The summed E-state index contributed by atoms with van der Waals surface area (Å²) in [5.74, 6) is -0.136. The van der Waals surface area contributed by atoms with Gasteiger partial charge in [0.25, 0.3) is 0 Å². The largest absolute Gasteiger partial charge is 0.356 e. The predicted molar refractivity (Wildman–Crippen MR) is 111 cm³/mol. The fourth-order valence-corrected chi connectivity index (χ4v) is 5.70. The minimum atomic E-state index is -3.69. The Balaban J connectivity index is 1.47. The maximum absolute atomic E-state index is 12.8. The molecule has 0 aliphatic carbocycles. The van der Waals surface area contributed by atoms with Crippen molar-refractivity contribution in [2.24, 2.45) is 5.92 Å². The average Bonchev–Trinajstić information content (AvgIpc) is 3.24. The molecule has 2 fully saturated rings. The van der Waals surface area contributed by atoms with Gasteiger partial charge in [-0.1, -0.05) is 11.6 Å². The highest BCUT2D eigenvalue weighted by atomic mass is 35.5. The summed E-state index contributed by atoms with van der Waals surface area (Å²) in [7, 11) is -3.69. The van der Waals surface area contributed by atoms with Crippen LogP contribution in [0, 0.1) is 17.2 Å². The monoisotopic (exact) mass is 438 g/mol. The normalized spacial score (nSPS) is 19.2. The van der Waals surface area contributed by atoms with E-state index < -0.39 is 10.0 Å². The number of nitrogens with one attached hydrogen (secondary N) is 1. The van der Waals surface area contributed by atoms with Crippen LogP contribution in [0.25, 0.3) is 0 Å². The van der Waals surface area contributed by atoms with Gasteiger partial charge in [-0.2, -0.15) is 9.57 Å². The van der Waals surface area contributed by atoms with Gasteiger partial charge >= 0.3 is 0 Å². The van der Waals surface area contributed by atoms with Crippen LogP contribution >= 0.6 is 11.6 Å². The van der Waals surface area contributed by atoms with Crippen molar-refractivity contribution < 1.29 is 13.2 Å². The van der Waals surface area contributed by atoms with Gasteiger partial charge in [0.15, 0.2) is 0 Å². The molecule has 29 heavy (non-hydrogen) atoms. The molecule has 2 heterocycles. The van der Waals surface area contributed by atoms with Gasteiger partial charge in [0.05, 0.1) is 15.5 Å². The van der Waals surface area contributed by atoms with E-state index in [0.29, 0.717) is 32.5 Å². The summed E-state index contributed by atoms with van der Waals surface area (Å²) in [6, 6.07) is 6.05. The lowest BCUT2D eigenvalue weighted by molar-refractivity contribution is -0.126. The first-order valence-electron chi connectivity index (χ1n) is 10.1. The highest BCUT2D eigenvalue weighted by Crippen LogP contribution is 2.26. The van der Waals surface area contributed by atoms with E-state index in [2.05, 4.69) is 10.2 Å². The third-order valence-corrected chi connectivity index (χ3v) is 7.88. The van der Waals surface area contributed by atoms with Crippen LogP contribution in [0.4, 0.5) is 0 Å². The van der Waals surface area contributed by atoms with Crippen LogP contribution in [0.3, 0.4) is 0 Å². The highest BCUT2D eigenvalue weighted by molar-refractivity contribution is 7.89. The highest BCUT2D eigenvalue weighted by Gasteiger charge is 2.32. The third-order valence-electron chi connectivity index (χ3n) is 5.67. The van der Waals surface area contributed by atoms with Gasteiger partial charge < -0.3 is 10.2 Å². The fraction of sp³-hybridized carbons (Fsp3) is 0.600. The lowest BCUT2D eigenvalue weighted by Gasteiger charge is -2.30. The lowest BCUT2D eigenvalue weighted by Crippen LogP contribution is -2.43. The van der Waals surface area contributed by atoms with Gasteiger partial charge in [-0.3, -0.25) is 4.79 Å². The van der Waals surface area contributed by atoms with E-state index in [0.717, 1.165) is 26.1 Å². The minimum Gasteiger partial charge on any atom is -0.356 e. The molecule has 0 aromatic heterocycles. The van der Waals surface area contributed by atoms with E-state index in [1.807, 2.05) is 6.07 Å². The third kappa shape index (κ3) is 5.48. The van der Waals surface area contributed by atoms with Crippen molar-refractivity contribution >= 4 is 27.5 Å². The number of hydrogen-bond donors (Lipinski definition) is 1. The molecule has 1 aromatic carbocycles. The van der Waals surface area contributed by atoms with Crippen LogP contribution < -0.4 is 5.32 Å². The number of rotatable bonds is 7. The molecule has 0 spiro atoms. The van der Waals surface area contributed by atoms with Gasteiger partial charge in [-0.25, -0.2) is 8.42 Å². The second-order valence-corrected chi connectivity index (χ2v) is 9.97. The van der Waals surface area contributed by atoms with Crippen LogP contribution in [-0.4, -0.2) is 62.8 Å². The number of carbonyl (C=O) groups excluding carboxylic acids is 1. The van der Waals surface area contributed by atoms with Gasteiger partial charge in [0.2, 0.25) is 15.9 Å². The quantitative estimate of drug-likeness (QED) is 0.659. The van der Waals surface area contributed by atoms with E-state index >= 15 is 0 Å². The average molecular weight is 439 g/mol. The van der Waals surface area contributed by atoms with Crippen LogP contribution in [-0.2, 0) is 14.8 Å². The summed E-state index contributed by atoms with van der Waals surface area (Å²) >= 11 is 5.98. The molecule has 7 nitrogen and oxygen atoms in total. The standard InChI is InChI=1S/C20H27ClN4O3S/c21-19-14-18(5-4-17(19)15-22)29(27,28)25-12-6-16(7-13-25)20(26)23-8-3-11-24-9-1-2-10-24/h4-5,14,16H,1-3,6-13H2,(H,23,26). The molecule has 158 valence electrons. The molecule has 2 aliphatic rings. The summed E-state index contributed by atoms with van der Waals surface area (Å²) in [6.45, 7) is 4.59. The van der Waals surface area contributed by atoms with Crippen LogP contribution in [0.2, 0.25) is 5.02 Å². The lowest BCUT2D eigenvalue weighted by atomic mass is 9.97. The summed E-state index contributed by atoms with van der Waals surface area (Å²) in [5.41, 5.74) is 0.241. The molecule has 2 aliphatic heterocycles. The number of nitrogens with zero attached hydrogens (tertiary/aromatic N) is 3. The van der Waals surface area contributed by atoms with Crippen molar-refractivity contribution in [3.05, 3.63) is 28.8 Å². The molecular formula is C20H27ClN4O3S. The molecule has 1 N–H and O–H groups in total. The Morgan fingerprint density at radius 1 is 1.21 bits per heavy atom. The zero-order valence-corrected chi connectivity index (χ0v) is 18.0. The Labute approximate surface area is 177 Å². The zero-order chi connectivity index (χ0) is 20.9. The summed E-state index contributed by atoms with van der Waals surface area (Å²) in [5, 5.41) is 12.1. The van der Waals surface area contributed by atoms with Crippen LogP contribution in [0.5, 0.6) is 0 Å². The molecule has 0 saturated carbocycles. The molecule has 0 bridgehead atoms. The van der Waals surface area contributed by atoms with Gasteiger partial charge in [-0.05, 0) is 69.9 Å². The summed E-state index contributed by atoms with van der Waals surface area (Å²) in [4.78, 5) is 14.9. The van der Waals surface area contributed by atoms with Crippen molar-refractivity contribution in [3.8, 4) is 6.07 Å². The molecule has 2 saturated heterocycles. The van der Waals surface area contributed by atoms with Crippen molar-refractivity contribution in [1.29, 1.82) is 5.26 Å². The molecule has 0 atom stereocenters. The molecular weight excluding hydrogens is 412 g/mol. The second kappa shape index (κ2) is 9.90. The fourth-order valence-electron chi connectivity index (χ4n) is 3.92. The van der Waals surface area contributed by atoms with E-state index in [1.165, 1.54) is 35.3 Å². The van der Waals surface area contributed by atoms with E-state index in [-0.39, 0.29) is 27.3 Å². The van der Waals surface area contributed by atoms with Crippen molar-refractivity contribution in [3.63, 3.8) is 0 Å². The molecule has 1 amide bonds. The van der Waals surface area contributed by atoms with Gasteiger partial charge in [0.1, 0.15) is 6.07 Å². The molecule has 0 unspecified atom stereocenters. The molecule has 3 rings (SSSR count). The van der Waals surface area contributed by atoms with E-state index in [1.54, 1.807) is 0 Å². The Morgan fingerprint density at radius 2 is 1.90 bits per heavy atom. The van der Waals surface area contributed by atoms with Crippen LogP contribution in [0.15, 0.2) is 23.1 Å². The Kier molecular flexibility index (Phi) is 7.52. The first-order valence-corrected chi connectivity index (χ1v) is 11.9. The maximum Gasteiger partial charge on any atom is 0.243 e. The number of nitriles is 1. The molecule has 1 aromatic rings. The number of sulfonamides is 1. The first kappa shape index (κ1) is 22.0.